The molecule has 3 heterocycles. The predicted molar refractivity (Wildman–Crippen MR) is 90.1 cm³/mol. The highest BCUT2D eigenvalue weighted by Gasteiger charge is 2.29. The van der Waals surface area contributed by atoms with Crippen molar-refractivity contribution in [1.82, 2.24) is 15.0 Å². The number of halogens is 1. The van der Waals surface area contributed by atoms with E-state index in [-0.39, 0.29) is 5.91 Å². The standard InChI is InChI=1S/C18H21FN4O2/c19-16-12-13(6-7-20-16)22-8-10-23(11-9-22)18(24)17-14-4-2-1-3-5-15(14)25-21-17/h6-7,12H,1-5,8-11H2. The van der Waals surface area contributed by atoms with Gasteiger partial charge in [-0.1, -0.05) is 11.6 Å². The molecule has 0 radical (unpaired) electrons. The summed E-state index contributed by atoms with van der Waals surface area (Å²) >= 11 is 0. The molecule has 6 nitrogen and oxygen atoms in total. The fourth-order valence-corrected chi connectivity index (χ4v) is 3.64. The normalized spacial score (nSPS) is 18.0. The van der Waals surface area contributed by atoms with Crippen LogP contribution in [-0.2, 0) is 12.8 Å². The predicted octanol–water partition coefficient (Wildman–Crippen LogP) is 2.44. The fourth-order valence-electron chi connectivity index (χ4n) is 3.64. The van der Waals surface area contributed by atoms with Gasteiger partial charge in [0, 0.05) is 56.1 Å². The van der Waals surface area contributed by atoms with Gasteiger partial charge >= 0.3 is 0 Å². The first-order valence-corrected chi connectivity index (χ1v) is 8.85. The van der Waals surface area contributed by atoms with Gasteiger partial charge in [0.1, 0.15) is 5.76 Å². The average Bonchev–Trinajstić information content (AvgIpc) is 2.89. The Morgan fingerprint density at radius 2 is 1.92 bits per heavy atom. The zero-order valence-electron chi connectivity index (χ0n) is 14.1. The van der Waals surface area contributed by atoms with E-state index < -0.39 is 5.95 Å². The van der Waals surface area contributed by atoms with Crippen molar-refractivity contribution in [1.29, 1.82) is 0 Å². The fraction of sp³-hybridized carbons (Fsp3) is 0.500. The highest BCUT2D eigenvalue weighted by molar-refractivity contribution is 5.94. The van der Waals surface area contributed by atoms with Crippen LogP contribution in [0.2, 0.25) is 0 Å². The van der Waals surface area contributed by atoms with Gasteiger partial charge in [-0.05, 0) is 25.3 Å². The first-order chi connectivity index (χ1) is 12.2. The second kappa shape index (κ2) is 6.82. The van der Waals surface area contributed by atoms with Crippen molar-refractivity contribution in [3.8, 4) is 0 Å². The number of piperazine rings is 1. The van der Waals surface area contributed by atoms with Crippen LogP contribution < -0.4 is 4.90 Å². The number of hydrogen-bond acceptors (Lipinski definition) is 5. The zero-order valence-corrected chi connectivity index (χ0v) is 14.1. The SMILES string of the molecule is O=C(c1noc2c1CCCCC2)N1CCN(c2ccnc(F)c2)CC1. The maximum absolute atomic E-state index is 13.3. The van der Waals surface area contributed by atoms with Gasteiger partial charge in [-0.3, -0.25) is 4.79 Å². The number of aromatic nitrogens is 2. The third kappa shape index (κ3) is 3.23. The first-order valence-electron chi connectivity index (χ1n) is 8.85. The lowest BCUT2D eigenvalue weighted by atomic mass is 10.1. The van der Waals surface area contributed by atoms with Crippen LogP contribution in [0, 0.1) is 5.95 Å². The molecule has 1 saturated heterocycles. The number of nitrogens with zero attached hydrogens (tertiary/aromatic N) is 4. The van der Waals surface area contributed by atoms with E-state index in [1.807, 2.05) is 4.90 Å². The summed E-state index contributed by atoms with van der Waals surface area (Å²) in [4.78, 5) is 20.3. The molecule has 0 spiro atoms. The Balaban J connectivity index is 1.44. The Bertz CT molecular complexity index is 768. The van der Waals surface area contributed by atoms with E-state index in [1.165, 1.54) is 18.7 Å². The Morgan fingerprint density at radius 3 is 2.72 bits per heavy atom. The molecule has 25 heavy (non-hydrogen) atoms. The van der Waals surface area contributed by atoms with Gasteiger partial charge < -0.3 is 14.3 Å². The molecular formula is C18H21FN4O2. The maximum Gasteiger partial charge on any atom is 0.276 e. The minimum absolute atomic E-state index is 0.0486. The first kappa shape index (κ1) is 16.1. The van der Waals surface area contributed by atoms with Crippen LogP contribution in [0.5, 0.6) is 0 Å². The van der Waals surface area contributed by atoms with E-state index in [2.05, 4.69) is 15.0 Å². The van der Waals surface area contributed by atoms with E-state index in [4.69, 9.17) is 4.52 Å². The van der Waals surface area contributed by atoms with Crippen molar-refractivity contribution in [3.05, 3.63) is 41.3 Å². The van der Waals surface area contributed by atoms with Gasteiger partial charge in [0.2, 0.25) is 5.95 Å². The minimum Gasteiger partial charge on any atom is -0.368 e. The molecular weight excluding hydrogens is 323 g/mol. The summed E-state index contributed by atoms with van der Waals surface area (Å²) in [6.45, 7) is 2.50. The van der Waals surface area contributed by atoms with Gasteiger partial charge in [-0.15, -0.1) is 0 Å². The third-order valence-electron chi connectivity index (χ3n) is 5.04. The maximum atomic E-state index is 13.3. The van der Waals surface area contributed by atoms with Gasteiger partial charge in [0.15, 0.2) is 5.69 Å². The molecule has 0 unspecified atom stereocenters. The van der Waals surface area contributed by atoms with Crippen LogP contribution in [0.3, 0.4) is 0 Å². The Hall–Kier alpha value is -2.44. The molecule has 7 heteroatoms. The lowest BCUT2D eigenvalue weighted by Gasteiger charge is -2.35. The third-order valence-corrected chi connectivity index (χ3v) is 5.04. The number of aryl methyl sites for hydroxylation is 1. The van der Waals surface area contributed by atoms with Crippen LogP contribution >= 0.6 is 0 Å². The lowest BCUT2D eigenvalue weighted by molar-refractivity contribution is 0.0735. The summed E-state index contributed by atoms with van der Waals surface area (Å²) < 4.78 is 18.7. The van der Waals surface area contributed by atoms with Crippen molar-refractivity contribution in [2.45, 2.75) is 32.1 Å². The second-order valence-electron chi connectivity index (χ2n) is 6.61. The molecule has 0 saturated carbocycles. The van der Waals surface area contributed by atoms with Gasteiger partial charge in [0.25, 0.3) is 5.91 Å². The smallest absolute Gasteiger partial charge is 0.276 e. The summed E-state index contributed by atoms with van der Waals surface area (Å²) in [6.07, 6.45) is 6.55. The van der Waals surface area contributed by atoms with E-state index in [0.717, 1.165) is 42.7 Å². The van der Waals surface area contributed by atoms with Gasteiger partial charge in [-0.2, -0.15) is 4.39 Å². The van der Waals surface area contributed by atoms with Crippen molar-refractivity contribution >= 4 is 11.6 Å². The molecule has 2 aliphatic rings. The Kier molecular flexibility index (Phi) is 4.38. The number of carbonyl (C=O) groups excluding carboxylic acids is 1. The highest BCUT2D eigenvalue weighted by atomic mass is 19.1. The van der Waals surface area contributed by atoms with Crippen LogP contribution in [0.15, 0.2) is 22.9 Å². The van der Waals surface area contributed by atoms with Crippen LogP contribution in [0.4, 0.5) is 10.1 Å². The summed E-state index contributed by atoms with van der Waals surface area (Å²) in [7, 11) is 0. The zero-order chi connectivity index (χ0) is 17.2. The molecule has 2 aromatic heterocycles. The number of hydrogen-bond donors (Lipinski definition) is 0. The van der Waals surface area contributed by atoms with Crippen molar-refractivity contribution in [2.24, 2.45) is 0 Å². The highest BCUT2D eigenvalue weighted by Crippen LogP contribution is 2.25. The summed E-state index contributed by atoms with van der Waals surface area (Å²) in [5, 5.41) is 4.07. The second-order valence-corrected chi connectivity index (χ2v) is 6.61. The minimum atomic E-state index is -0.485. The van der Waals surface area contributed by atoms with E-state index in [1.54, 1.807) is 6.07 Å². The number of carbonyl (C=O) groups is 1. The molecule has 4 rings (SSSR count). The largest absolute Gasteiger partial charge is 0.368 e. The number of pyridine rings is 1. The molecule has 2 aromatic rings. The molecule has 0 atom stereocenters. The van der Waals surface area contributed by atoms with Crippen LogP contribution in [0.25, 0.3) is 0 Å². The summed E-state index contributed by atoms with van der Waals surface area (Å²) in [5.74, 6) is 0.348. The van der Waals surface area contributed by atoms with Crippen molar-refractivity contribution < 1.29 is 13.7 Å². The Morgan fingerprint density at radius 1 is 1.12 bits per heavy atom. The molecule has 0 bridgehead atoms. The summed E-state index contributed by atoms with van der Waals surface area (Å²) in [6, 6.07) is 3.22. The van der Waals surface area contributed by atoms with Crippen molar-refractivity contribution in [3.63, 3.8) is 0 Å². The summed E-state index contributed by atoms with van der Waals surface area (Å²) in [5.41, 5.74) is 2.29. The molecule has 0 N–H and O–H groups in total. The molecule has 132 valence electrons. The van der Waals surface area contributed by atoms with Gasteiger partial charge in [0.05, 0.1) is 0 Å². The van der Waals surface area contributed by atoms with E-state index >= 15 is 0 Å². The van der Waals surface area contributed by atoms with Crippen LogP contribution in [0.1, 0.15) is 41.1 Å². The van der Waals surface area contributed by atoms with E-state index in [9.17, 15) is 9.18 Å². The molecule has 0 aromatic carbocycles. The number of rotatable bonds is 2. The Labute approximate surface area is 145 Å². The molecule has 1 aliphatic carbocycles. The molecule has 1 amide bonds. The number of fused-ring (bicyclic) bond motifs is 1. The average molecular weight is 344 g/mol. The topological polar surface area (TPSA) is 62.5 Å². The lowest BCUT2D eigenvalue weighted by Crippen LogP contribution is -2.49. The monoisotopic (exact) mass is 344 g/mol. The number of amides is 1. The van der Waals surface area contributed by atoms with Gasteiger partial charge in [-0.25, -0.2) is 4.98 Å². The quantitative estimate of drug-likeness (QED) is 0.618. The van der Waals surface area contributed by atoms with Crippen LogP contribution in [-0.4, -0.2) is 47.1 Å². The number of anilines is 1. The van der Waals surface area contributed by atoms with E-state index in [0.29, 0.717) is 31.9 Å². The van der Waals surface area contributed by atoms with Crippen molar-refractivity contribution in [2.75, 3.05) is 31.1 Å². The molecule has 1 fully saturated rings. The molecule has 1 aliphatic heterocycles.